The van der Waals surface area contributed by atoms with E-state index < -0.39 is 0 Å². The molecule has 0 aromatic heterocycles. The van der Waals surface area contributed by atoms with Crippen LogP contribution in [0, 0.1) is 23.2 Å². The molecule has 1 N–H and O–H groups in total. The molecule has 4 aliphatic carbocycles. The number of hydrogen-bond donors (Lipinski definition) is 1. The Kier molecular flexibility index (Phi) is 5.70. The molecule has 5 fully saturated rings. The molecule has 1 unspecified atom stereocenters. The van der Waals surface area contributed by atoms with E-state index in [0.29, 0.717) is 13.0 Å². The lowest BCUT2D eigenvalue weighted by Gasteiger charge is -2.55. The Morgan fingerprint density at radius 2 is 1.71 bits per heavy atom. The second-order valence-corrected chi connectivity index (χ2v) is 10.6. The summed E-state index contributed by atoms with van der Waals surface area (Å²) >= 11 is 0. The lowest BCUT2D eigenvalue weighted by atomic mass is 9.49. The number of ether oxygens (including phenoxy) is 1. The summed E-state index contributed by atoms with van der Waals surface area (Å²) in [5, 5.41) is 3.22. The second-order valence-electron chi connectivity index (χ2n) is 10.6. The number of methoxy groups -OCH3 is 1. The second kappa shape index (κ2) is 8.48. The van der Waals surface area contributed by atoms with Crippen LogP contribution in [0.3, 0.4) is 0 Å². The highest BCUT2D eigenvalue weighted by Crippen LogP contribution is 2.60. The summed E-state index contributed by atoms with van der Waals surface area (Å²) < 4.78 is 5.25. The number of nitrogens with zero attached hydrogens (tertiary/aromatic N) is 1. The number of rotatable bonds is 7. The van der Waals surface area contributed by atoms with Crippen LogP contribution in [0.1, 0.15) is 75.8 Å². The van der Waals surface area contributed by atoms with Crippen LogP contribution in [-0.2, 0) is 9.59 Å². The molecule has 168 valence electrons. The smallest absolute Gasteiger partial charge is 0.226 e. The van der Waals surface area contributed by atoms with E-state index >= 15 is 0 Å². The molecule has 1 aromatic carbocycles. The van der Waals surface area contributed by atoms with Crippen LogP contribution in [0.15, 0.2) is 24.3 Å². The Balaban J connectivity index is 1.10. The zero-order valence-corrected chi connectivity index (χ0v) is 18.8. The van der Waals surface area contributed by atoms with Crippen molar-refractivity contribution in [3.63, 3.8) is 0 Å². The molecule has 5 nitrogen and oxygen atoms in total. The van der Waals surface area contributed by atoms with E-state index in [1.54, 1.807) is 7.11 Å². The number of carbonyl (C=O) groups is 2. The van der Waals surface area contributed by atoms with Gasteiger partial charge >= 0.3 is 0 Å². The summed E-state index contributed by atoms with van der Waals surface area (Å²) in [4.78, 5) is 28.0. The summed E-state index contributed by atoms with van der Waals surface area (Å²) in [5.74, 6) is 3.67. The fourth-order valence-electron chi connectivity index (χ4n) is 7.40. The van der Waals surface area contributed by atoms with Crippen LogP contribution in [0.25, 0.3) is 0 Å². The van der Waals surface area contributed by atoms with Crippen LogP contribution in [-0.4, -0.2) is 36.9 Å². The van der Waals surface area contributed by atoms with E-state index in [1.807, 2.05) is 17.0 Å². The molecule has 1 aromatic rings. The van der Waals surface area contributed by atoms with Gasteiger partial charge in [-0.1, -0.05) is 12.1 Å². The van der Waals surface area contributed by atoms with Gasteiger partial charge in [-0.05, 0) is 93.2 Å². The zero-order chi connectivity index (χ0) is 21.4. The van der Waals surface area contributed by atoms with Gasteiger partial charge in [-0.2, -0.15) is 0 Å². The van der Waals surface area contributed by atoms with Crippen LogP contribution < -0.4 is 10.1 Å². The summed E-state index contributed by atoms with van der Waals surface area (Å²) in [6.07, 6.45) is 10.6. The van der Waals surface area contributed by atoms with Gasteiger partial charge in [-0.15, -0.1) is 0 Å². The van der Waals surface area contributed by atoms with Crippen molar-refractivity contribution < 1.29 is 14.3 Å². The molecule has 1 atom stereocenters. The van der Waals surface area contributed by atoms with Crippen molar-refractivity contribution in [1.82, 2.24) is 10.2 Å². The Hall–Kier alpha value is -2.04. The van der Waals surface area contributed by atoms with Gasteiger partial charge < -0.3 is 15.0 Å². The van der Waals surface area contributed by atoms with Gasteiger partial charge in [0.05, 0.1) is 13.2 Å². The van der Waals surface area contributed by atoms with E-state index in [2.05, 4.69) is 17.4 Å². The fourth-order valence-corrected chi connectivity index (χ4v) is 7.40. The van der Waals surface area contributed by atoms with E-state index in [1.165, 1.54) is 24.8 Å². The van der Waals surface area contributed by atoms with E-state index in [-0.39, 0.29) is 23.3 Å². The number of hydrogen-bond acceptors (Lipinski definition) is 3. The van der Waals surface area contributed by atoms with E-state index in [9.17, 15) is 9.59 Å². The first-order valence-corrected chi connectivity index (χ1v) is 12.3. The van der Waals surface area contributed by atoms with Gasteiger partial charge in [-0.25, -0.2) is 0 Å². The van der Waals surface area contributed by atoms with Crippen molar-refractivity contribution in [2.45, 2.75) is 70.3 Å². The monoisotopic (exact) mass is 424 g/mol. The van der Waals surface area contributed by atoms with Crippen LogP contribution in [0.5, 0.6) is 5.75 Å². The molecule has 5 aliphatic rings. The highest BCUT2D eigenvalue weighted by Gasteiger charge is 2.54. The molecule has 4 bridgehead atoms. The first-order valence-electron chi connectivity index (χ1n) is 12.3. The molecule has 6 rings (SSSR count). The molecule has 2 amide bonds. The third-order valence-electron chi connectivity index (χ3n) is 8.45. The maximum absolute atomic E-state index is 13.1. The van der Waals surface area contributed by atoms with E-state index in [4.69, 9.17) is 4.74 Å². The van der Waals surface area contributed by atoms with Crippen molar-refractivity contribution in [3.05, 3.63) is 29.8 Å². The Morgan fingerprint density at radius 3 is 2.32 bits per heavy atom. The van der Waals surface area contributed by atoms with Crippen molar-refractivity contribution in [2.75, 3.05) is 20.2 Å². The van der Waals surface area contributed by atoms with Crippen LogP contribution >= 0.6 is 0 Å². The minimum absolute atomic E-state index is 0.0901. The molecule has 1 saturated heterocycles. The lowest BCUT2D eigenvalue weighted by Crippen LogP contribution is -2.53. The van der Waals surface area contributed by atoms with Crippen molar-refractivity contribution >= 4 is 11.8 Å². The van der Waals surface area contributed by atoms with Gasteiger partial charge in [0.1, 0.15) is 5.75 Å². The van der Waals surface area contributed by atoms with Crippen LogP contribution in [0.2, 0.25) is 0 Å². The molecular formula is C26H36N2O3. The summed E-state index contributed by atoms with van der Waals surface area (Å²) in [6.45, 7) is 1.45. The lowest BCUT2D eigenvalue weighted by molar-refractivity contribution is -0.146. The minimum atomic E-state index is -0.0901. The standard InChI is InChI=1S/C26H36N2O3/c1-31-22-8-6-21(7-9-22)23-4-3-11-28(23)24(29)5-2-10-27-25(30)26-15-18-12-19(16-26)14-20(13-18)17-26/h6-9,18-20,23H,2-5,10-17H2,1H3,(H,27,30). The SMILES string of the molecule is COc1ccc(C2CCCN2C(=O)CCCNC(=O)C23CC4CC(CC(C4)C2)C3)cc1. The van der Waals surface area contributed by atoms with Gasteiger partial charge in [0.15, 0.2) is 0 Å². The number of likely N-dealkylation sites (tertiary alicyclic amines) is 1. The highest BCUT2D eigenvalue weighted by molar-refractivity contribution is 5.83. The topological polar surface area (TPSA) is 58.6 Å². The normalized spacial score (nSPS) is 33.5. The van der Waals surface area contributed by atoms with E-state index in [0.717, 1.165) is 68.6 Å². The Labute approximate surface area is 185 Å². The maximum Gasteiger partial charge on any atom is 0.226 e. The van der Waals surface area contributed by atoms with Crippen LogP contribution in [0.4, 0.5) is 0 Å². The minimum Gasteiger partial charge on any atom is -0.497 e. The third-order valence-corrected chi connectivity index (χ3v) is 8.45. The largest absolute Gasteiger partial charge is 0.497 e. The first-order chi connectivity index (χ1) is 15.1. The number of amides is 2. The quantitative estimate of drug-likeness (QED) is 0.657. The van der Waals surface area contributed by atoms with Gasteiger partial charge in [0.2, 0.25) is 11.8 Å². The molecule has 1 heterocycles. The molecule has 5 heteroatoms. The Morgan fingerprint density at radius 1 is 1.06 bits per heavy atom. The predicted octanol–water partition coefficient (Wildman–Crippen LogP) is 4.47. The molecule has 1 aliphatic heterocycles. The molecule has 0 radical (unpaired) electrons. The number of nitrogens with one attached hydrogen (secondary N) is 1. The Bertz CT molecular complexity index is 783. The highest BCUT2D eigenvalue weighted by atomic mass is 16.5. The average molecular weight is 425 g/mol. The number of carbonyl (C=O) groups excluding carboxylic acids is 2. The van der Waals surface area contributed by atoms with Crippen molar-refractivity contribution in [2.24, 2.45) is 23.2 Å². The number of benzene rings is 1. The van der Waals surface area contributed by atoms with Crippen molar-refractivity contribution in [1.29, 1.82) is 0 Å². The summed E-state index contributed by atoms with van der Waals surface area (Å²) in [6, 6.07) is 8.24. The molecule has 31 heavy (non-hydrogen) atoms. The zero-order valence-electron chi connectivity index (χ0n) is 18.8. The van der Waals surface area contributed by atoms with Gasteiger partial charge in [0.25, 0.3) is 0 Å². The summed E-state index contributed by atoms with van der Waals surface area (Å²) in [7, 11) is 1.67. The summed E-state index contributed by atoms with van der Waals surface area (Å²) in [5.41, 5.74) is 1.09. The molecule has 4 saturated carbocycles. The molecule has 0 spiro atoms. The third kappa shape index (κ3) is 4.08. The fraction of sp³-hybridized carbons (Fsp3) is 0.692. The predicted molar refractivity (Wildman–Crippen MR) is 120 cm³/mol. The molecular weight excluding hydrogens is 388 g/mol. The van der Waals surface area contributed by atoms with Crippen molar-refractivity contribution in [3.8, 4) is 5.75 Å². The maximum atomic E-state index is 13.1. The van der Waals surface area contributed by atoms with Gasteiger partial charge in [-0.3, -0.25) is 9.59 Å². The average Bonchev–Trinajstić information content (AvgIpc) is 3.25. The first kappa shape index (κ1) is 20.8. The van der Waals surface area contributed by atoms with Gasteiger partial charge in [0, 0.05) is 24.9 Å².